The molecule has 0 saturated heterocycles. The molecule has 3 aromatic carbocycles. The second-order valence-electron chi connectivity index (χ2n) is 6.40. The summed E-state index contributed by atoms with van der Waals surface area (Å²) in [7, 11) is 1.65. The molecule has 0 heterocycles. The van der Waals surface area contributed by atoms with Crippen LogP contribution in [0.15, 0.2) is 78.9 Å². The third kappa shape index (κ3) is 5.59. The minimum atomic E-state index is -0.0935. The molecular formula is C23H23ClN2O2. The van der Waals surface area contributed by atoms with Crippen molar-refractivity contribution in [3.63, 3.8) is 0 Å². The Hall–Kier alpha value is -2.82. The van der Waals surface area contributed by atoms with Gasteiger partial charge in [0.15, 0.2) is 0 Å². The van der Waals surface area contributed by atoms with E-state index < -0.39 is 0 Å². The van der Waals surface area contributed by atoms with Crippen LogP contribution in [0.25, 0.3) is 0 Å². The Morgan fingerprint density at radius 2 is 1.68 bits per heavy atom. The summed E-state index contributed by atoms with van der Waals surface area (Å²) in [5.41, 5.74) is 3.13. The zero-order valence-electron chi connectivity index (χ0n) is 15.7. The third-order valence-electron chi connectivity index (χ3n) is 4.43. The Morgan fingerprint density at radius 1 is 0.964 bits per heavy atom. The van der Waals surface area contributed by atoms with Crippen molar-refractivity contribution in [2.24, 2.45) is 0 Å². The zero-order valence-corrected chi connectivity index (χ0v) is 16.4. The molecule has 28 heavy (non-hydrogen) atoms. The van der Waals surface area contributed by atoms with E-state index in [4.69, 9.17) is 16.3 Å². The van der Waals surface area contributed by atoms with Gasteiger partial charge >= 0.3 is 0 Å². The summed E-state index contributed by atoms with van der Waals surface area (Å²) in [6.45, 7) is 0.645. The quantitative estimate of drug-likeness (QED) is 0.597. The van der Waals surface area contributed by atoms with Gasteiger partial charge in [-0.25, -0.2) is 0 Å². The highest BCUT2D eigenvalue weighted by Gasteiger charge is 2.15. The van der Waals surface area contributed by atoms with Crippen LogP contribution in [0.2, 0.25) is 5.02 Å². The fraction of sp³-hybridized carbons (Fsp3) is 0.174. The van der Waals surface area contributed by atoms with Gasteiger partial charge in [0.2, 0.25) is 5.91 Å². The molecule has 0 aromatic heterocycles. The fourth-order valence-electron chi connectivity index (χ4n) is 2.97. The van der Waals surface area contributed by atoms with Crippen molar-refractivity contribution in [2.75, 3.05) is 13.7 Å². The molecule has 0 unspecified atom stereocenters. The van der Waals surface area contributed by atoms with E-state index >= 15 is 0 Å². The van der Waals surface area contributed by atoms with Gasteiger partial charge in [-0.3, -0.25) is 10.1 Å². The van der Waals surface area contributed by atoms with Gasteiger partial charge in [-0.1, -0.05) is 66.2 Å². The zero-order chi connectivity index (χ0) is 19.8. The molecule has 0 bridgehead atoms. The van der Waals surface area contributed by atoms with Crippen molar-refractivity contribution in [3.8, 4) is 5.75 Å². The smallest absolute Gasteiger partial charge is 0.234 e. The summed E-state index contributed by atoms with van der Waals surface area (Å²) in [5, 5.41) is 6.94. The second kappa shape index (κ2) is 9.93. The lowest BCUT2D eigenvalue weighted by molar-refractivity contribution is -0.120. The molecule has 0 spiro atoms. The van der Waals surface area contributed by atoms with Crippen LogP contribution in [0, 0.1) is 0 Å². The lowest BCUT2D eigenvalue weighted by Gasteiger charge is -2.20. The van der Waals surface area contributed by atoms with E-state index in [9.17, 15) is 4.79 Å². The van der Waals surface area contributed by atoms with Crippen LogP contribution in [-0.4, -0.2) is 19.6 Å². The van der Waals surface area contributed by atoms with Crippen molar-refractivity contribution in [1.29, 1.82) is 0 Å². The van der Waals surface area contributed by atoms with Gasteiger partial charge < -0.3 is 10.1 Å². The summed E-state index contributed by atoms with van der Waals surface area (Å²) < 4.78 is 5.24. The van der Waals surface area contributed by atoms with Crippen LogP contribution in [0.3, 0.4) is 0 Å². The number of hydrogen-bond acceptors (Lipinski definition) is 3. The molecule has 1 atom stereocenters. The molecule has 0 aliphatic carbocycles. The first-order valence-electron chi connectivity index (χ1n) is 9.09. The van der Waals surface area contributed by atoms with Crippen molar-refractivity contribution < 1.29 is 9.53 Å². The molecule has 4 nitrogen and oxygen atoms in total. The molecule has 144 valence electrons. The monoisotopic (exact) mass is 394 g/mol. The largest absolute Gasteiger partial charge is 0.497 e. The van der Waals surface area contributed by atoms with E-state index in [-0.39, 0.29) is 18.5 Å². The van der Waals surface area contributed by atoms with Crippen LogP contribution in [0.5, 0.6) is 5.75 Å². The Bertz CT molecular complexity index is 898. The van der Waals surface area contributed by atoms with E-state index in [2.05, 4.69) is 10.6 Å². The average Bonchev–Trinajstić information content (AvgIpc) is 2.74. The number of nitrogens with one attached hydrogen (secondary N) is 2. The molecule has 0 fully saturated rings. The normalized spacial score (nSPS) is 11.6. The van der Waals surface area contributed by atoms with Gasteiger partial charge in [0.25, 0.3) is 0 Å². The van der Waals surface area contributed by atoms with Crippen molar-refractivity contribution in [2.45, 2.75) is 12.6 Å². The van der Waals surface area contributed by atoms with Gasteiger partial charge in [0.1, 0.15) is 5.75 Å². The molecule has 2 N–H and O–H groups in total. The summed E-state index contributed by atoms with van der Waals surface area (Å²) in [5.74, 6) is 0.726. The average molecular weight is 395 g/mol. The second-order valence-corrected chi connectivity index (χ2v) is 6.84. The number of halogens is 1. The number of methoxy groups -OCH3 is 1. The maximum Gasteiger partial charge on any atom is 0.234 e. The number of carbonyl (C=O) groups excluding carboxylic acids is 1. The third-order valence-corrected chi connectivity index (χ3v) is 4.66. The Kier molecular flexibility index (Phi) is 7.06. The van der Waals surface area contributed by atoms with Gasteiger partial charge in [-0.15, -0.1) is 0 Å². The Balaban J connectivity index is 1.65. The minimum Gasteiger partial charge on any atom is -0.497 e. The molecule has 3 rings (SSSR count). The molecule has 3 aromatic rings. The van der Waals surface area contributed by atoms with Crippen molar-refractivity contribution in [3.05, 3.63) is 101 Å². The summed E-state index contributed by atoms with van der Waals surface area (Å²) in [6, 6.07) is 25.3. The molecule has 0 saturated carbocycles. The van der Waals surface area contributed by atoms with Gasteiger partial charge in [0.05, 0.1) is 19.7 Å². The predicted octanol–water partition coefficient (Wildman–Crippen LogP) is 4.34. The lowest BCUT2D eigenvalue weighted by Crippen LogP contribution is -2.35. The van der Waals surface area contributed by atoms with E-state index in [0.29, 0.717) is 11.6 Å². The summed E-state index contributed by atoms with van der Waals surface area (Å²) in [4.78, 5) is 12.3. The predicted molar refractivity (Wildman–Crippen MR) is 113 cm³/mol. The Labute approximate surface area is 170 Å². The van der Waals surface area contributed by atoms with E-state index in [1.807, 2.05) is 78.9 Å². The molecule has 0 aliphatic rings. The van der Waals surface area contributed by atoms with Gasteiger partial charge in [-0.2, -0.15) is 0 Å². The van der Waals surface area contributed by atoms with Crippen LogP contribution in [0.1, 0.15) is 22.7 Å². The fourth-order valence-corrected chi connectivity index (χ4v) is 3.19. The maximum atomic E-state index is 12.3. The van der Waals surface area contributed by atoms with Crippen molar-refractivity contribution in [1.82, 2.24) is 10.6 Å². The molecule has 0 radical (unpaired) electrons. The minimum absolute atomic E-state index is 0.0746. The highest BCUT2D eigenvalue weighted by atomic mass is 35.5. The number of ether oxygens (including phenoxy) is 1. The first-order chi connectivity index (χ1) is 13.7. The Morgan fingerprint density at radius 3 is 2.36 bits per heavy atom. The molecular weight excluding hydrogens is 372 g/mol. The van der Waals surface area contributed by atoms with Gasteiger partial charge in [-0.05, 0) is 41.0 Å². The topological polar surface area (TPSA) is 50.4 Å². The number of carbonyl (C=O) groups is 1. The van der Waals surface area contributed by atoms with Crippen LogP contribution in [0.4, 0.5) is 0 Å². The molecule has 5 heteroatoms. The number of amides is 1. The first kappa shape index (κ1) is 19.9. The molecule has 1 amide bonds. The maximum absolute atomic E-state index is 12.3. The van der Waals surface area contributed by atoms with Crippen LogP contribution < -0.4 is 15.4 Å². The highest BCUT2D eigenvalue weighted by molar-refractivity contribution is 6.30. The highest BCUT2D eigenvalue weighted by Crippen LogP contribution is 2.24. The summed E-state index contributed by atoms with van der Waals surface area (Å²) >= 11 is 5.99. The number of benzene rings is 3. The standard InChI is InChI=1S/C23H23ClN2O2/c1-28-21-12-10-19(11-13-21)23(18-7-3-2-4-8-18)26-16-22(27)25-15-17-6-5-9-20(24)14-17/h2-14,23,26H,15-16H2,1H3,(H,25,27)/t23-/m0/s1. The lowest BCUT2D eigenvalue weighted by atomic mass is 9.98. The van der Waals surface area contributed by atoms with Crippen LogP contribution in [-0.2, 0) is 11.3 Å². The van der Waals surface area contributed by atoms with Crippen LogP contribution >= 0.6 is 11.6 Å². The number of hydrogen-bond donors (Lipinski definition) is 2. The molecule has 0 aliphatic heterocycles. The van der Waals surface area contributed by atoms with E-state index in [1.54, 1.807) is 7.11 Å². The SMILES string of the molecule is COc1ccc([C@@H](NCC(=O)NCc2cccc(Cl)c2)c2ccccc2)cc1. The summed E-state index contributed by atoms with van der Waals surface area (Å²) in [6.07, 6.45) is 0. The van der Waals surface area contributed by atoms with E-state index in [1.165, 1.54) is 0 Å². The van der Waals surface area contributed by atoms with Gasteiger partial charge in [0, 0.05) is 11.6 Å². The first-order valence-corrected chi connectivity index (χ1v) is 9.47. The van der Waals surface area contributed by atoms with Crippen molar-refractivity contribution >= 4 is 17.5 Å². The number of rotatable bonds is 8. The van der Waals surface area contributed by atoms with E-state index in [0.717, 1.165) is 22.4 Å².